The molecule has 0 unspecified atom stereocenters. The summed E-state index contributed by atoms with van der Waals surface area (Å²) >= 11 is 0. The number of aryl methyl sites for hydroxylation is 1. The summed E-state index contributed by atoms with van der Waals surface area (Å²) in [5.74, 6) is -0.668. The number of carboxylic acid groups (broad SMARTS) is 1. The van der Waals surface area contributed by atoms with Crippen molar-refractivity contribution in [2.24, 2.45) is 5.41 Å². The summed E-state index contributed by atoms with van der Waals surface area (Å²) < 4.78 is 5.45. The van der Waals surface area contributed by atoms with Crippen LogP contribution in [-0.2, 0) is 9.59 Å². The van der Waals surface area contributed by atoms with Crippen molar-refractivity contribution >= 4 is 11.9 Å². The van der Waals surface area contributed by atoms with E-state index in [0.29, 0.717) is 5.75 Å². The standard InChI is InChI=1S/C16H23NO4/c1-11-5-7-12(8-6-11)21-10-9-13(18)17-14(15(19)20)16(2,3)4/h5-8,14H,9-10H2,1-4H3,(H,17,18)(H,19,20)/t14-/m0/s1. The van der Waals surface area contributed by atoms with Crippen molar-refractivity contribution in [1.29, 1.82) is 0 Å². The van der Waals surface area contributed by atoms with Gasteiger partial charge in [-0.2, -0.15) is 0 Å². The van der Waals surface area contributed by atoms with Crippen molar-refractivity contribution in [3.8, 4) is 5.75 Å². The van der Waals surface area contributed by atoms with Crippen LogP contribution in [0.3, 0.4) is 0 Å². The van der Waals surface area contributed by atoms with Gasteiger partial charge in [-0.05, 0) is 24.5 Å². The minimum atomic E-state index is -1.03. The lowest BCUT2D eigenvalue weighted by Gasteiger charge is -2.27. The fourth-order valence-electron chi connectivity index (χ4n) is 1.78. The lowest BCUT2D eigenvalue weighted by Crippen LogP contribution is -2.49. The number of carbonyl (C=O) groups is 2. The molecule has 1 rings (SSSR count). The molecule has 1 amide bonds. The molecule has 0 spiro atoms. The molecule has 0 fully saturated rings. The van der Waals surface area contributed by atoms with E-state index < -0.39 is 17.4 Å². The van der Waals surface area contributed by atoms with E-state index in [1.165, 1.54) is 0 Å². The number of ether oxygens (including phenoxy) is 1. The van der Waals surface area contributed by atoms with E-state index in [0.717, 1.165) is 5.56 Å². The number of rotatable bonds is 6. The maximum atomic E-state index is 11.8. The van der Waals surface area contributed by atoms with E-state index >= 15 is 0 Å². The van der Waals surface area contributed by atoms with E-state index in [-0.39, 0.29) is 18.9 Å². The quantitative estimate of drug-likeness (QED) is 0.844. The molecule has 116 valence electrons. The summed E-state index contributed by atoms with van der Waals surface area (Å²) in [4.78, 5) is 23.0. The first kappa shape index (κ1) is 17.0. The fraction of sp³-hybridized carbons (Fsp3) is 0.500. The van der Waals surface area contributed by atoms with Gasteiger partial charge in [0.05, 0.1) is 13.0 Å². The van der Waals surface area contributed by atoms with Crippen LogP contribution in [0.4, 0.5) is 0 Å². The second-order valence-corrected chi connectivity index (χ2v) is 6.12. The van der Waals surface area contributed by atoms with Crippen molar-refractivity contribution in [1.82, 2.24) is 5.32 Å². The first-order valence-electron chi connectivity index (χ1n) is 6.92. The number of carboxylic acids is 1. The topological polar surface area (TPSA) is 75.6 Å². The molecule has 2 N–H and O–H groups in total. The Morgan fingerprint density at radius 2 is 1.81 bits per heavy atom. The predicted octanol–water partition coefficient (Wildman–Crippen LogP) is 2.38. The normalized spacial score (nSPS) is 12.6. The van der Waals surface area contributed by atoms with Crippen LogP contribution in [0, 0.1) is 12.3 Å². The number of carbonyl (C=O) groups excluding carboxylic acids is 1. The molecule has 0 radical (unpaired) electrons. The van der Waals surface area contributed by atoms with Gasteiger partial charge in [0.2, 0.25) is 5.91 Å². The molecule has 0 aliphatic rings. The van der Waals surface area contributed by atoms with Crippen molar-refractivity contribution in [3.05, 3.63) is 29.8 Å². The van der Waals surface area contributed by atoms with Crippen molar-refractivity contribution in [2.45, 2.75) is 40.2 Å². The van der Waals surface area contributed by atoms with Gasteiger partial charge in [-0.25, -0.2) is 4.79 Å². The average Bonchev–Trinajstić information content (AvgIpc) is 2.36. The largest absolute Gasteiger partial charge is 0.493 e. The molecule has 0 aliphatic heterocycles. The molecule has 1 aromatic carbocycles. The molecule has 0 bridgehead atoms. The summed E-state index contributed by atoms with van der Waals surface area (Å²) in [6.07, 6.45) is 0.119. The molecule has 1 atom stereocenters. The monoisotopic (exact) mass is 293 g/mol. The Kier molecular flexibility index (Phi) is 5.76. The summed E-state index contributed by atoms with van der Waals surface area (Å²) in [6, 6.07) is 6.61. The van der Waals surface area contributed by atoms with Crippen LogP contribution in [0.15, 0.2) is 24.3 Å². The molecular formula is C16H23NO4. The van der Waals surface area contributed by atoms with Gasteiger partial charge in [-0.15, -0.1) is 0 Å². The highest BCUT2D eigenvalue weighted by Crippen LogP contribution is 2.19. The number of aliphatic carboxylic acids is 1. The van der Waals surface area contributed by atoms with Crippen LogP contribution < -0.4 is 10.1 Å². The highest BCUT2D eigenvalue weighted by molar-refractivity contribution is 5.84. The maximum absolute atomic E-state index is 11.8. The third-order valence-corrected chi connectivity index (χ3v) is 3.04. The summed E-state index contributed by atoms with van der Waals surface area (Å²) in [7, 11) is 0. The number of hydrogen-bond acceptors (Lipinski definition) is 3. The van der Waals surface area contributed by atoms with Gasteiger partial charge < -0.3 is 15.2 Å². The fourth-order valence-corrected chi connectivity index (χ4v) is 1.78. The highest BCUT2D eigenvalue weighted by atomic mass is 16.5. The lowest BCUT2D eigenvalue weighted by atomic mass is 9.86. The van der Waals surface area contributed by atoms with E-state index in [1.807, 2.05) is 31.2 Å². The van der Waals surface area contributed by atoms with Gasteiger partial charge in [0.1, 0.15) is 11.8 Å². The molecule has 0 aliphatic carbocycles. The Morgan fingerprint density at radius 3 is 2.29 bits per heavy atom. The van der Waals surface area contributed by atoms with Gasteiger partial charge in [-0.3, -0.25) is 4.79 Å². The SMILES string of the molecule is Cc1ccc(OCCC(=O)N[C@@H](C(=O)O)C(C)(C)C)cc1. The van der Waals surface area contributed by atoms with Crippen LogP contribution in [0.2, 0.25) is 0 Å². The molecule has 0 heterocycles. The van der Waals surface area contributed by atoms with Crippen LogP contribution in [-0.4, -0.2) is 29.6 Å². The molecule has 1 aromatic rings. The second-order valence-electron chi connectivity index (χ2n) is 6.12. The van der Waals surface area contributed by atoms with Crippen LogP contribution in [0.5, 0.6) is 5.75 Å². The van der Waals surface area contributed by atoms with E-state index in [9.17, 15) is 9.59 Å². The molecule has 0 saturated heterocycles. The molecule has 5 nitrogen and oxygen atoms in total. The zero-order valence-corrected chi connectivity index (χ0v) is 13.0. The Morgan fingerprint density at radius 1 is 1.24 bits per heavy atom. The first-order valence-corrected chi connectivity index (χ1v) is 6.92. The van der Waals surface area contributed by atoms with Crippen LogP contribution in [0.25, 0.3) is 0 Å². The van der Waals surface area contributed by atoms with Crippen LogP contribution >= 0.6 is 0 Å². The number of benzene rings is 1. The number of hydrogen-bond donors (Lipinski definition) is 2. The first-order chi connectivity index (χ1) is 9.70. The van der Waals surface area contributed by atoms with Gasteiger partial charge in [0, 0.05) is 0 Å². The molecule has 5 heteroatoms. The Labute approximate surface area is 125 Å². The minimum Gasteiger partial charge on any atom is -0.493 e. The number of nitrogens with one attached hydrogen (secondary N) is 1. The summed E-state index contributed by atoms with van der Waals surface area (Å²) in [6.45, 7) is 7.51. The summed E-state index contributed by atoms with van der Waals surface area (Å²) in [5.41, 5.74) is 0.592. The molecular weight excluding hydrogens is 270 g/mol. The average molecular weight is 293 g/mol. The maximum Gasteiger partial charge on any atom is 0.326 e. The summed E-state index contributed by atoms with van der Waals surface area (Å²) in [5, 5.41) is 11.7. The number of amides is 1. The molecule has 21 heavy (non-hydrogen) atoms. The molecule has 0 aromatic heterocycles. The van der Waals surface area contributed by atoms with Crippen LogP contribution in [0.1, 0.15) is 32.8 Å². The molecule has 0 saturated carbocycles. The zero-order valence-electron chi connectivity index (χ0n) is 13.0. The van der Waals surface area contributed by atoms with Crippen molar-refractivity contribution in [3.63, 3.8) is 0 Å². The Bertz CT molecular complexity index is 488. The highest BCUT2D eigenvalue weighted by Gasteiger charge is 2.32. The minimum absolute atomic E-state index is 0.119. The van der Waals surface area contributed by atoms with Gasteiger partial charge >= 0.3 is 5.97 Å². The van der Waals surface area contributed by atoms with Gasteiger partial charge in [-0.1, -0.05) is 38.5 Å². The Hall–Kier alpha value is -2.04. The Balaban J connectivity index is 2.43. The smallest absolute Gasteiger partial charge is 0.326 e. The lowest BCUT2D eigenvalue weighted by molar-refractivity contribution is -0.145. The predicted molar refractivity (Wildman–Crippen MR) is 80.3 cm³/mol. The van der Waals surface area contributed by atoms with E-state index in [4.69, 9.17) is 9.84 Å². The van der Waals surface area contributed by atoms with Gasteiger partial charge in [0.25, 0.3) is 0 Å². The third-order valence-electron chi connectivity index (χ3n) is 3.04. The van der Waals surface area contributed by atoms with Crippen molar-refractivity contribution in [2.75, 3.05) is 6.61 Å². The van der Waals surface area contributed by atoms with E-state index in [2.05, 4.69) is 5.32 Å². The third kappa shape index (κ3) is 5.85. The zero-order chi connectivity index (χ0) is 16.0. The van der Waals surface area contributed by atoms with Gasteiger partial charge in [0.15, 0.2) is 0 Å². The van der Waals surface area contributed by atoms with Crippen molar-refractivity contribution < 1.29 is 19.4 Å². The van der Waals surface area contributed by atoms with E-state index in [1.54, 1.807) is 20.8 Å². The second kappa shape index (κ2) is 7.11.